The topological polar surface area (TPSA) is 23.6 Å². The third kappa shape index (κ3) is 5.57. The number of carbonyl (C=O) groups excluding carboxylic acids is 1. The number of benzene rings is 2. The summed E-state index contributed by atoms with van der Waals surface area (Å²) in [5.74, 6) is 0.0278. The fourth-order valence-corrected chi connectivity index (χ4v) is 2.93. The molecule has 0 aliphatic carbocycles. The lowest BCUT2D eigenvalue weighted by molar-refractivity contribution is -0.114. The van der Waals surface area contributed by atoms with Crippen molar-refractivity contribution < 1.29 is 4.79 Å². The number of para-hydroxylation sites is 1. The molecule has 0 saturated heterocycles. The first-order valence-corrected chi connectivity index (χ1v) is 8.74. The molecule has 0 atom stereocenters. The molecule has 0 fully saturated rings. The predicted octanol–water partition coefficient (Wildman–Crippen LogP) is 4.30. The van der Waals surface area contributed by atoms with Gasteiger partial charge in [-0.3, -0.25) is 4.79 Å². The van der Waals surface area contributed by atoms with Crippen LogP contribution in [0.4, 0.5) is 5.69 Å². The van der Waals surface area contributed by atoms with Gasteiger partial charge in [0, 0.05) is 18.3 Å². The van der Waals surface area contributed by atoms with Crippen molar-refractivity contribution in [2.45, 2.75) is 20.3 Å². The first-order chi connectivity index (χ1) is 12.0. The fraction of sp³-hybridized carbons (Fsp3) is 0.318. The van der Waals surface area contributed by atoms with E-state index < -0.39 is 0 Å². The van der Waals surface area contributed by atoms with Gasteiger partial charge in [-0.2, -0.15) is 0 Å². The maximum absolute atomic E-state index is 12.9. The Morgan fingerprint density at radius 2 is 1.56 bits per heavy atom. The van der Waals surface area contributed by atoms with Crippen molar-refractivity contribution in [3.05, 3.63) is 71.3 Å². The van der Waals surface area contributed by atoms with Gasteiger partial charge >= 0.3 is 0 Å². The van der Waals surface area contributed by atoms with Gasteiger partial charge in [-0.15, -0.1) is 0 Å². The summed E-state index contributed by atoms with van der Waals surface area (Å²) in [6, 6.07) is 16.1. The highest BCUT2D eigenvalue weighted by Gasteiger charge is 2.17. The minimum absolute atomic E-state index is 0.0278. The van der Waals surface area contributed by atoms with Crippen LogP contribution in [0.15, 0.2) is 54.6 Å². The average Bonchev–Trinajstić information content (AvgIpc) is 2.58. The van der Waals surface area contributed by atoms with E-state index in [0.717, 1.165) is 35.3 Å². The Morgan fingerprint density at radius 3 is 2.16 bits per heavy atom. The molecule has 3 heteroatoms. The van der Waals surface area contributed by atoms with Crippen molar-refractivity contribution in [3.8, 4) is 0 Å². The van der Waals surface area contributed by atoms with Crippen LogP contribution in [0.1, 0.15) is 23.1 Å². The van der Waals surface area contributed by atoms with Crippen LogP contribution >= 0.6 is 0 Å². The second-order valence-electron chi connectivity index (χ2n) is 6.63. The van der Waals surface area contributed by atoms with E-state index in [2.05, 4.69) is 45.0 Å². The van der Waals surface area contributed by atoms with Gasteiger partial charge in [-0.25, -0.2) is 0 Å². The number of rotatable bonds is 7. The quantitative estimate of drug-likeness (QED) is 0.704. The highest BCUT2D eigenvalue weighted by Crippen LogP contribution is 2.25. The Morgan fingerprint density at radius 1 is 0.920 bits per heavy atom. The predicted molar refractivity (Wildman–Crippen MR) is 107 cm³/mol. The van der Waals surface area contributed by atoms with Crippen molar-refractivity contribution in [2.75, 3.05) is 32.1 Å². The lowest BCUT2D eigenvalue weighted by atomic mass is 10.1. The van der Waals surface area contributed by atoms with E-state index in [1.54, 1.807) is 6.08 Å². The average molecular weight is 336 g/mol. The second kappa shape index (κ2) is 9.19. The third-order valence-corrected chi connectivity index (χ3v) is 4.18. The summed E-state index contributed by atoms with van der Waals surface area (Å²) in [5, 5.41) is 0. The smallest absolute Gasteiger partial charge is 0.251 e. The van der Waals surface area contributed by atoms with Crippen LogP contribution in [-0.4, -0.2) is 38.0 Å². The molecule has 0 bridgehead atoms. The maximum Gasteiger partial charge on any atom is 0.251 e. The number of hydrogen-bond acceptors (Lipinski definition) is 2. The van der Waals surface area contributed by atoms with Crippen LogP contribution in [-0.2, 0) is 4.79 Å². The molecule has 3 nitrogen and oxygen atoms in total. The standard InChI is InChI=1S/C22H28N2O/c1-18-10-8-11-19(2)22(18)24(17-9-16-23(3)4)21(25)15-14-20-12-6-5-7-13-20/h5-8,10-15H,9,16-17H2,1-4H3/b15-14+. The number of amides is 1. The molecule has 0 unspecified atom stereocenters. The normalized spacial score (nSPS) is 11.2. The summed E-state index contributed by atoms with van der Waals surface area (Å²) in [6.45, 7) is 5.80. The van der Waals surface area contributed by atoms with Gasteiger partial charge in [0.05, 0.1) is 0 Å². The van der Waals surface area contributed by atoms with Gasteiger partial charge in [0.15, 0.2) is 0 Å². The van der Waals surface area contributed by atoms with Crippen molar-refractivity contribution in [1.29, 1.82) is 0 Å². The molecule has 0 saturated carbocycles. The van der Waals surface area contributed by atoms with Crippen LogP contribution in [0.25, 0.3) is 6.08 Å². The zero-order valence-corrected chi connectivity index (χ0v) is 15.7. The molecule has 0 spiro atoms. The Labute approximate surface area is 151 Å². The number of anilines is 1. The highest BCUT2D eigenvalue weighted by atomic mass is 16.2. The minimum Gasteiger partial charge on any atom is -0.309 e. The maximum atomic E-state index is 12.9. The van der Waals surface area contributed by atoms with Crippen LogP contribution in [0.5, 0.6) is 0 Å². The van der Waals surface area contributed by atoms with E-state index in [0.29, 0.717) is 6.54 Å². The summed E-state index contributed by atoms with van der Waals surface area (Å²) in [4.78, 5) is 17.0. The third-order valence-electron chi connectivity index (χ3n) is 4.18. The Hall–Kier alpha value is -2.39. The van der Waals surface area contributed by atoms with Gasteiger partial charge in [0.1, 0.15) is 0 Å². The lowest BCUT2D eigenvalue weighted by Crippen LogP contribution is -2.33. The monoisotopic (exact) mass is 336 g/mol. The zero-order valence-electron chi connectivity index (χ0n) is 15.7. The van der Waals surface area contributed by atoms with Crippen LogP contribution in [0, 0.1) is 13.8 Å². The summed E-state index contributed by atoms with van der Waals surface area (Å²) in [5.41, 5.74) is 4.33. The molecule has 25 heavy (non-hydrogen) atoms. The van der Waals surface area contributed by atoms with Crippen molar-refractivity contribution in [3.63, 3.8) is 0 Å². The van der Waals surface area contributed by atoms with E-state index in [-0.39, 0.29) is 5.91 Å². The van der Waals surface area contributed by atoms with Crippen LogP contribution < -0.4 is 4.90 Å². The molecule has 0 N–H and O–H groups in total. The Bertz CT molecular complexity index is 700. The van der Waals surface area contributed by atoms with Gasteiger partial charge in [0.2, 0.25) is 0 Å². The number of hydrogen-bond donors (Lipinski definition) is 0. The molecule has 132 valence electrons. The molecule has 1 amide bonds. The molecule has 0 aromatic heterocycles. The number of aryl methyl sites for hydroxylation is 2. The van der Waals surface area contributed by atoms with Gasteiger partial charge < -0.3 is 9.80 Å². The summed E-state index contributed by atoms with van der Waals surface area (Å²) in [6.07, 6.45) is 4.50. The van der Waals surface area contributed by atoms with Gasteiger partial charge in [0.25, 0.3) is 5.91 Å². The molecule has 0 radical (unpaired) electrons. The summed E-state index contributed by atoms with van der Waals surface area (Å²) < 4.78 is 0. The molecule has 0 aliphatic heterocycles. The Balaban J connectivity index is 2.24. The van der Waals surface area contributed by atoms with Crippen LogP contribution in [0.2, 0.25) is 0 Å². The molecule has 2 aromatic carbocycles. The molecule has 0 aliphatic rings. The SMILES string of the molecule is Cc1cccc(C)c1N(CCCN(C)C)C(=O)/C=C/c1ccccc1. The van der Waals surface area contributed by atoms with E-state index in [4.69, 9.17) is 0 Å². The first kappa shape index (κ1) is 18.9. The van der Waals surface area contributed by atoms with Gasteiger partial charge in [-0.1, -0.05) is 48.5 Å². The van der Waals surface area contributed by atoms with Gasteiger partial charge in [-0.05, 0) is 63.7 Å². The summed E-state index contributed by atoms with van der Waals surface area (Å²) >= 11 is 0. The largest absolute Gasteiger partial charge is 0.309 e. The van der Waals surface area contributed by atoms with E-state index in [9.17, 15) is 4.79 Å². The first-order valence-electron chi connectivity index (χ1n) is 8.74. The van der Waals surface area contributed by atoms with E-state index in [1.165, 1.54) is 0 Å². The molecular formula is C22H28N2O. The zero-order chi connectivity index (χ0) is 18.2. The molecular weight excluding hydrogens is 308 g/mol. The highest BCUT2D eigenvalue weighted by molar-refractivity contribution is 6.04. The minimum atomic E-state index is 0.0278. The summed E-state index contributed by atoms with van der Waals surface area (Å²) in [7, 11) is 4.11. The van der Waals surface area contributed by atoms with Crippen LogP contribution in [0.3, 0.4) is 0 Å². The molecule has 2 aromatic rings. The number of carbonyl (C=O) groups is 1. The van der Waals surface area contributed by atoms with Crippen molar-refractivity contribution in [2.24, 2.45) is 0 Å². The van der Waals surface area contributed by atoms with E-state index in [1.807, 2.05) is 47.4 Å². The second-order valence-corrected chi connectivity index (χ2v) is 6.63. The van der Waals surface area contributed by atoms with Crippen molar-refractivity contribution >= 4 is 17.7 Å². The van der Waals surface area contributed by atoms with Crippen molar-refractivity contribution in [1.82, 2.24) is 4.90 Å². The fourth-order valence-electron chi connectivity index (χ4n) is 2.93. The molecule has 2 rings (SSSR count). The van der Waals surface area contributed by atoms with E-state index >= 15 is 0 Å². The number of nitrogens with zero attached hydrogens (tertiary/aromatic N) is 2. The lowest BCUT2D eigenvalue weighted by Gasteiger charge is -2.26. The molecule has 0 heterocycles. The Kier molecular flexibility index (Phi) is 6.96.